The van der Waals surface area contributed by atoms with Gasteiger partial charge in [0.25, 0.3) is 5.69 Å². The number of nitro benzene ring substituents is 1. The molecular formula is C30H37N3O7S. The SMILES string of the molecule is COOCC1C(C)=NC(C)=C(C(=O)OC2CCCN(CCCCC(=O)c3cccs3)C2)[C@H]1c1cccc([N+](=O)[O-])c1. The van der Waals surface area contributed by atoms with Crippen molar-refractivity contribution in [3.05, 3.63) is 73.6 Å². The number of hydrogen-bond acceptors (Lipinski definition) is 10. The van der Waals surface area contributed by atoms with Gasteiger partial charge in [-0.1, -0.05) is 18.2 Å². The molecule has 1 aromatic carbocycles. The van der Waals surface area contributed by atoms with Gasteiger partial charge >= 0.3 is 5.97 Å². The molecule has 3 atom stereocenters. The molecule has 3 heterocycles. The van der Waals surface area contributed by atoms with Gasteiger partial charge in [-0.25, -0.2) is 14.6 Å². The van der Waals surface area contributed by atoms with E-state index in [1.807, 2.05) is 24.4 Å². The highest BCUT2D eigenvalue weighted by molar-refractivity contribution is 7.12. The van der Waals surface area contributed by atoms with Gasteiger partial charge in [0.2, 0.25) is 0 Å². The van der Waals surface area contributed by atoms with Crippen LogP contribution in [0, 0.1) is 16.0 Å². The fourth-order valence-corrected chi connectivity index (χ4v) is 6.34. The molecule has 1 saturated heterocycles. The number of unbranched alkanes of at least 4 members (excludes halogenated alkanes) is 1. The van der Waals surface area contributed by atoms with E-state index in [-0.39, 0.29) is 30.1 Å². The summed E-state index contributed by atoms with van der Waals surface area (Å²) in [5.41, 5.74) is 2.21. The zero-order valence-electron chi connectivity index (χ0n) is 23.7. The lowest BCUT2D eigenvalue weighted by molar-refractivity contribution is -0.384. The summed E-state index contributed by atoms with van der Waals surface area (Å²) >= 11 is 1.48. The van der Waals surface area contributed by atoms with Crippen LogP contribution in [0.2, 0.25) is 0 Å². The van der Waals surface area contributed by atoms with Crippen LogP contribution in [0.3, 0.4) is 0 Å². The Labute approximate surface area is 244 Å². The average Bonchev–Trinajstić information content (AvgIpc) is 3.50. The number of nitrogens with zero attached hydrogens (tertiary/aromatic N) is 3. The van der Waals surface area contributed by atoms with Gasteiger partial charge in [0.05, 0.1) is 29.1 Å². The van der Waals surface area contributed by atoms with Gasteiger partial charge in [-0.05, 0) is 69.6 Å². The Morgan fingerprint density at radius 2 is 2.02 bits per heavy atom. The lowest BCUT2D eigenvalue weighted by atomic mass is 9.76. The molecule has 1 fully saturated rings. The maximum Gasteiger partial charge on any atom is 0.336 e. The number of benzene rings is 1. The maximum absolute atomic E-state index is 13.7. The molecule has 0 saturated carbocycles. The van der Waals surface area contributed by atoms with Gasteiger partial charge in [-0.15, -0.1) is 11.3 Å². The summed E-state index contributed by atoms with van der Waals surface area (Å²) in [4.78, 5) is 54.9. The second kappa shape index (κ2) is 14.6. The Hall–Kier alpha value is -3.25. The number of ketones is 1. The van der Waals surface area contributed by atoms with E-state index in [0.717, 1.165) is 49.4 Å². The van der Waals surface area contributed by atoms with Crippen LogP contribution < -0.4 is 0 Å². The Morgan fingerprint density at radius 1 is 1.20 bits per heavy atom. The molecule has 1 aromatic heterocycles. The van der Waals surface area contributed by atoms with Gasteiger partial charge in [0, 0.05) is 48.3 Å². The zero-order chi connectivity index (χ0) is 29.4. The number of nitro groups is 1. The fourth-order valence-electron chi connectivity index (χ4n) is 5.65. The first kappa shape index (κ1) is 30.7. The van der Waals surface area contributed by atoms with Crippen LogP contribution in [0.15, 0.2) is 58.0 Å². The number of esters is 1. The number of rotatable bonds is 13. The van der Waals surface area contributed by atoms with Crippen LogP contribution in [0.4, 0.5) is 5.69 Å². The third-order valence-electron chi connectivity index (χ3n) is 7.67. The van der Waals surface area contributed by atoms with Gasteiger partial charge in [0.1, 0.15) is 6.10 Å². The van der Waals surface area contributed by atoms with Crippen molar-refractivity contribution in [1.82, 2.24) is 4.90 Å². The van der Waals surface area contributed by atoms with Crippen molar-refractivity contribution in [2.24, 2.45) is 10.9 Å². The standard InChI is InChI=1S/C30H37N3O7S/c1-20-25(19-39-38-3)29(22-9-6-10-23(17-22)33(36)37)28(21(2)31-20)30(35)40-24-11-7-15-32(18-24)14-5-4-12-26(34)27-13-8-16-41-27/h6,8-10,13,16-17,24-25,29H,4-5,7,11-12,14-15,18-19H2,1-3H3/t24?,25?,29-/m0/s1. The van der Waals surface area contributed by atoms with E-state index in [1.165, 1.54) is 30.6 Å². The number of Topliss-reactive ketones (excluding diaryl/α,β-unsaturated/α-hetero) is 1. The molecule has 0 radical (unpaired) electrons. The number of hydrogen-bond donors (Lipinski definition) is 0. The average molecular weight is 584 g/mol. The van der Waals surface area contributed by atoms with Crippen LogP contribution in [-0.2, 0) is 19.3 Å². The minimum absolute atomic E-state index is 0.0561. The molecule has 2 aromatic rings. The first-order valence-electron chi connectivity index (χ1n) is 13.9. The van der Waals surface area contributed by atoms with Crippen molar-refractivity contribution in [1.29, 1.82) is 0 Å². The molecule has 10 nitrogen and oxygen atoms in total. The summed E-state index contributed by atoms with van der Waals surface area (Å²) in [6.07, 6.45) is 3.62. The highest BCUT2D eigenvalue weighted by atomic mass is 32.1. The Kier molecular flexibility index (Phi) is 10.9. The molecule has 11 heteroatoms. The third-order valence-corrected chi connectivity index (χ3v) is 8.58. The summed E-state index contributed by atoms with van der Waals surface area (Å²) in [5, 5.41) is 13.4. The number of likely N-dealkylation sites (tertiary alicyclic amines) is 1. The molecule has 0 N–H and O–H groups in total. The third kappa shape index (κ3) is 7.94. The lowest BCUT2D eigenvalue weighted by Crippen LogP contribution is -2.42. The van der Waals surface area contributed by atoms with E-state index < -0.39 is 16.8 Å². The van der Waals surface area contributed by atoms with Crippen LogP contribution in [0.1, 0.15) is 67.1 Å². The molecule has 2 aliphatic heterocycles. The van der Waals surface area contributed by atoms with Crippen molar-refractivity contribution in [3.8, 4) is 0 Å². The Morgan fingerprint density at radius 3 is 2.76 bits per heavy atom. The maximum atomic E-state index is 13.7. The van der Waals surface area contributed by atoms with Gasteiger partial charge in [-0.3, -0.25) is 24.8 Å². The number of non-ortho nitro benzene ring substituents is 1. The molecular weight excluding hydrogens is 546 g/mol. The Bertz CT molecular complexity index is 1290. The molecule has 2 aliphatic rings. The summed E-state index contributed by atoms with van der Waals surface area (Å²) in [5.74, 6) is -1.20. The largest absolute Gasteiger partial charge is 0.458 e. The second-order valence-corrected chi connectivity index (χ2v) is 11.4. The quantitative estimate of drug-likeness (QED) is 0.0731. The van der Waals surface area contributed by atoms with E-state index in [0.29, 0.717) is 29.8 Å². The second-order valence-electron chi connectivity index (χ2n) is 10.5. The molecule has 41 heavy (non-hydrogen) atoms. The van der Waals surface area contributed by atoms with Crippen molar-refractivity contribution in [2.45, 2.75) is 58.0 Å². The summed E-state index contributed by atoms with van der Waals surface area (Å²) in [6.45, 7) is 6.12. The van der Waals surface area contributed by atoms with Crippen LogP contribution in [0.25, 0.3) is 0 Å². The van der Waals surface area contributed by atoms with E-state index in [4.69, 9.17) is 14.5 Å². The summed E-state index contributed by atoms with van der Waals surface area (Å²) in [6, 6.07) is 10.1. The van der Waals surface area contributed by atoms with E-state index in [9.17, 15) is 19.7 Å². The topological polar surface area (TPSA) is 121 Å². The van der Waals surface area contributed by atoms with Crippen molar-refractivity contribution in [2.75, 3.05) is 33.4 Å². The number of thiophene rings is 1. The van der Waals surface area contributed by atoms with E-state index >= 15 is 0 Å². The minimum atomic E-state index is -0.546. The number of allylic oxidation sites excluding steroid dienone is 1. The number of aliphatic imine (C=N–C) groups is 1. The van der Waals surface area contributed by atoms with E-state index in [1.54, 1.807) is 19.1 Å². The molecule has 220 valence electrons. The monoisotopic (exact) mass is 583 g/mol. The predicted molar refractivity (Wildman–Crippen MR) is 156 cm³/mol. The lowest BCUT2D eigenvalue weighted by Gasteiger charge is -2.35. The zero-order valence-corrected chi connectivity index (χ0v) is 24.6. The molecule has 0 spiro atoms. The van der Waals surface area contributed by atoms with Gasteiger partial charge < -0.3 is 4.74 Å². The van der Waals surface area contributed by atoms with Crippen molar-refractivity contribution >= 4 is 34.5 Å². The summed E-state index contributed by atoms with van der Waals surface area (Å²) in [7, 11) is 1.41. The van der Waals surface area contributed by atoms with Crippen molar-refractivity contribution in [3.63, 3.8) is 0 Å². The fraction of sp³-hybridized carbons (Fsp3) is 0.500. The first-order chi connectivity index (χ1) is 19.8. The van der Waals surface area contributed by atoms with Crippen molar-refractivity contribution < 1.29 is 29.0 Å². The number of ether oxygens (including phenoxy) is 1. The van der Waals surface area contributed by atoms with Crippen LogP contribution in [-0.4, -0.2) is 66.7 Å². The Balaban J connectivity index is 1.43. The smallest absolute Gasteiger partial charge is 0.336 e. The first-order valence-corrected chi connectivity index (χ1v) is 14.8. The van der Waals surface area contributed by atoms with Crippen LogP contribution >= 0.6 is 11.3 Å². The molecule has 0 aliphatic carbocycles. The molecule has 0 bridgehead atoms. The summed E-state index contributed by atoms with van der Waals surface area (Å²) < 4.78 is 6.08. The molecule has 2 unspecified atom stereocenters. The highest BCUT2D eigenvalue weighted by Gasteiger charge is 2.39. The van der Waals surface area contributed by atoms with Gasteiger partial charge in [0.15, 0.2) is 5.78 Å². The predicted octanol–water partition coefficient (Wildman–Crippen LogP) is 5.74. The molecule has 0 amide bonds. The highest BCUT2D eigenvalue weighted by Crippen LogP contribution is 2.41. The number of piperidine rings is 1. The van der Waals surface area contributed by atoms with E-state index in [2.05, 4.69) is 9.89 Å². The minimum Gasteiger partial charge on any atom is -0.458 e. The molecule has 4 rings (SSSR count). The normalized spacial score (nSPS) is 21.4. The number of carbonyl (C=O) groups is 2. The number of carbonyl (C=O) groups excluding carboxylic acids is 2. The van der Waals surface area contributed by atoms with Gasteiger partial charge in [-0.2, -0.15) is 0 Å². The van der Waals surface area contributed by atoms with Crippen LogP contribution in [0.5, 0.6) is 0 Å².